The standard InChI is InChI=1S/C54H37N3.C7H8/c1-4-14-38(15-5-1)40-24-28-43(29-25-40)55(44-30-26-41(27-31-44)39-16-6-2-7-17-39)45-32-34-46(35-33-45)57-50-22-12-10-20-47(50)48-36-37-52-53(54(48)57)49-21-11-13-23-51(49)56(52)42-18-8-3-9-19-42;1-7-5-3-2-4-6-7/h1-37H;2-6H,1H3. The highest BCUT2D eigenvalue weighted by atomic mass is 15.1. The van der Waals surface area contributed by atoms with Crippen LogP contribution in [0.1, 0.15) is 5.56 Å². The van der Waals surface area contributed by atoms with E-state index in [1.807, 2.05) is 18.2 Å². The molecule has 2 aromatic heterocycles. The van der Waals surface area contributed by atoms with Crippen LogP contribution in [0.4, 0.5) is 17.1 Å². The number of para-hydroxylation sites is 3. The van der Waals surface area contributed by atoms with Crippen molar-refractivity contribution in [2.24, 2.45) is 0 Å². The number of rotatable bonds is 7. The van der Waals surface area contributed by atoms with Crippen molar-refractivity contribution in [1.82, 2.24) is 9.13 Å². The van der Waals surface area contributed by atoms with Crippen LogP contribution in [-0.4, -0.2) is 9.13 Å². The summed E-state index contributed by atoms with van der Waals surface area (Å²) < 4.78 is 4.87. The first-order chi connectivity index (χ1) is 31.7. The highest BCUT2D eigenvalue weighted by Gasteiger charge is 2.21. The van der Waals surface area contributed by atoms with Crippen LogP contribution in [0.2, 0.25) is 0 Å². The molecule has 0 saturated carbocycles. The lowest BCUT2D eigenvalue weighted by atomic mass is 10.0. The van der Waals surface area contributed by atoms with Crippen LogP contribution in [-0.2, 0) is 0 Å². The van der Waals surface area contributed by atoms with Gasteiger partial charge in [-0.05, 0) is 108 Å². The van der Waals surface area contributed by atoms with Gasteiger partial charge < -0.3 is 14.0 Å². The Kier molecular flexibility index (Phi) is 10.1. The van der Waals surface area contributed by atoms with Crippen LogP contribution in [0.25, 0.3) is 77.2 Å². The van der Waals surface area contributed by atoms with E-state index in [2.05, 4.69) is 258 Å². The zero-order chi connectivity index (χ0) is 42.8. The van der Waals surface area contributed by atoms with Gasteiger partial charge in [0.15, 0.2) is 0 Å². The second-order valence-corrected chi connectivity index (χ2v) is 16.2. The van der Waals surface area contributed by atoms with Gasteiger partial charge in [-0.15, -0.1) is 0 Å². The predicted molar refractivity (Wildman–Crippen MR) is 272 cm³/mol. The van der Waals surface area contributed by atoms with Gasteiger partial charge in [0.2, 0.25) is 0 Å². The number of aromatic nitrogens is 2. The highest BCUT2D eigenvalue weighted by Crippen LogP contribution is 2.43. The fourth-order valence-corrected chi connectivity index (χ4v) is 9.23. The van der Waals surface area contributed by atoms with Crippen LogP contribution < -0.4 is 4.90 Å². The zero-order valence-electron chi connectivity index (χ0n) is 35.6. The molecule has 0 aliphatic rings. The average Bonchev–Trinajstić information content (AvgIpc) is 3.89. The third-order valence-electron chi connectivity index (χ3n) is 12.3. The topological polar surface area (TPSA) is 13.1 Å². The molecule has 0 unspecified atom stereocenters. The van der Waals surface area contributed by atoms with Crippen molar-refractivity contribution in [3.8, 4) is 33.6 Å². The molecule has 0 aliphatic carbocycles. The Balaban J connectivity index is 0.000000598. The number of aryl methyl sites for hydroxylation is 1. The van der Waals surface area contributed by atoms with Crippen molar-refractivity contribution in [3.05, 3.63) is 260 Å². The van der Waals surface area contributed by atoms with Gasteiger partial charge in [0.1, 0.15) is 0 Å². The van der Waals surface area contributed by atoms with Crippen LogP contribution in [0.3, 0.4) is 0 Å². The Labute approximate surface area is 374 Å². The van der Waals surface area contributed by atoms with E-state index in [0.717, 1.165) is 28.4 Å². The highest BCUT2D eigenvalue weighted by molar-refractivity contribution is 6.26. The average molecular weight is 820 g/mol. The van der Waals surface area contributed by atoms with Crippen LogP contribution in [0.5, 0.6) is 0 Å². The minimum atomic E-state index is 1.09. The second-order valence-electron chi connectivity index (χ2n) is 16.2. The summed E-state index contributed by atoms with van der Waals surface area (Å²) in [5, 5.41) is 4.99. The number of nitrogens with zero attached hydrogens (tertiary/aromatic N) is 3. The summed E-state index contributed by atoms with van der Waals surface area (Å²) in [4.78, 5) is 2.35. The maximum absolute atomic E-state index is 2.46. The zero-order valence-corrected chi connectivity index (χ0v) is 35.6. The number of hydrogen-bond acceptors (Lipinski definition) is 1. The number of benzene rings is 10. The second kappa shape index (κ2) is 16.8. The fourth-order valence-electron chi connectivity index (χ4n) is 9.23. The van der Waals surface area contributed by atoms with Crippen molar-refractivity contribution in [2.45, 2.75) is 6.92 Å². The van der Waals surface area contributed by atoms with Crippen molar-refractivity contribution < 1.29 is 0 Å². The number of anilines is 3. The van der Waals surface area contributed by atoms with Gasteiger partial charge in [-0.1, -0.05) is 181 Å². The molecular weight excluding hydrogens is 775 g/mol. The molecule has 0 fully saturated rings. The van der Waals surface area contributed by atoms with E-state index < -0.39 is 0 Å². The predicted octanol–water partition coefficient (Wildman–Crippen LogP) is 16.7. The third-order valence-corrected chi connectivity index (χ3v) is 12.3. The Morgan fingerprint density at radius 1 is 0.281 bits per heavy atom. The van der Waals surface area contributed by atoms with E-state index in [9.17, 15) is 0 Å². The van der Waals surface area contributed by atoms with Gasteiger partial charge in [0.25, 0.3) is 0 Å². The maximum Gasteiger partial charge on any atom is 0.0641 e. The molecule has 3 nitrogen and oxygen atoms in total. The molecule has 12 aromatic rings. The fraction of sp³-hybridized carbons (Fsp3) is 0.0164. The van der Waals surface area contributed by atoms with E-state index in [4.69, 9.17) is 0 Å². The maximum atomic E-state index is 2.46. The summed E-state index contributed by atoms with van der Waals surface area (Å²) in [6.07, 6.45) is 0. The molecule has 2 heterocycles. The van der Waals surface area contributed by atoms with Crippen LogP contribution in [0, 0.1) is 6.92 Å². The summed E-state index contributed by atoms with van der Waals surface area (Å²) in [7, 11) is 0. The summed E-state index contributed by atoms with van der Waals surface area (Å²) in [5.74, 6) is 0. The van der Waals surface area contributed by atoms with Crippen LogP contribution in [0.15, 0.2) is 255 Å². The molecule has 0 aliphatic heterocycles. The van der Waals surface area contributed by atoms with Crippen molar-refractivity contribution >= 4 is 60.7 Å². The van der Waals surface area contributed by atoms with Crippen molar-refractivity contribution in [1.29, 1.82) is 0 Å². The third kappa shape index (κ3) is 7.09. The van der Waals surface area contributed by atoms with Gasteiger partial charge in [-0.3, -0.25) is 0 Å². The van der Waals surface area contributed by atoms with Gasteiger partial charge in [-0.25, -0.2) is 0 Å². The molecule has 0 radical (unpaired) electrons. The van der Waals surface area contributed by atoms with E-state index in [-0.39, 0.29) is 0 Å². The SMILES string of the molecule is Cc1ccccc1.c1ccc(-c2ccc(N(c3ccc(-c4ccccc4)cc3)c3ccc(-n4c5ccccc5c5ccc6c(c7ccccc7n6-c6ccccc6)c54)cc3)cc2)cc1. The molecule has 0 N–H and O–H groups in total. The number of hydrogen-bond donors (Lipinski definition) is 0. The summed E-state index contributed by atoms with van der Waals surface area (Å²) in [5.41, 5.74) is 16.5. The molecule has 0 atom stereocenters. The van der Waals surface area contributed by atoms with Crippen molar-refractivity contribution in [3.63, 3.8) is 0 Å². The van der Waals surface area contributed by atoms with Crippen LogP contribution >= 0.6 is 0 Å². The first-order valence-corrected chi connectivity index (χ1v) is 21.9. The first-order valence-electron chi connectivity index (χ1n) is 21.9. The molecule has 0 saturated heterocycles. The minimum Gasteiger partial charge on any atom is -0.311 e. The quantitative estimate of drug-likeness (QED) is 0.156. The lowest BCUT2D eigenvalue weighted by Gasteiger charge is -2.26. The van der Waals surface area contributed by atoms with Gasteiger partial charge in [0.05, 0.1) is 22.1 Å². The largest absolute Gasteiger partial charge is 0.311 e. The van der Waals surface area contributed by atoms with Crippen molar-refractivity contribution in [2.75, 3.05) is 4.90 Å². The molecule has 64 heavy (non-hydrogen) atoms. The first kappa shape index (κ1) is 38.5. The van der Waals surface area contributed by atoms with E-state index in [1.54, 1.807) is 0 Å². The monoisotopic (exact) mass is 819 g/mol. The van der Waals surface area contributed by atoms with Gasteiger partial charge in [-0.2, -0.15) is 0 Å². The molecule has 0 amide bonds. The lowest BCUT2D eigenvalue weighted by Crippen LogP contribution is -2.10. The molecule has 0 spiro atoms. The lowest BCUT2D eigenvalue weighted by molar-refractivity contribution is 1.17. The smallest absolute Gasteiger partial charge is 0.0641 e. The normalized spacial score (nSPS) is 11.2. The molecule has 12 rings (SSSR count). The molecule has 0 bridgehead atoms. The molecular formula is C61H45N3. The molecule has 10 aromatic carbocycles. The number of fused-ring (bicyclic) bond motifs is 7. The summed E-state index contributed by atoms with van der Waals surface area (Å²) >= 11 is 0. The Morgan fingerprint density at radius 2 is 0.688 bits per heavy atom. The molecule has 3 heteroatoms. The van der Waals surface area contributed by atoms with Gasteiger partial charge in [0, 0.05) is 50.0 Å². The Hall–Kier alpha value is -8.40. The summed E-state index contributed by atoms with van der Waals surface area (Å²) in [6, 6.07) is 91.2. The Bertz CT molecular complexity index is 3420. The summed E-state index contributed by atoms with van der Waals surface area (Å²) in [6.45, 7) is 2.08. The van der Waals surface area contributed by atoms with Gasteiger partial charge >= 0.3 is 0 Å². The van der Waals surface area contributed by atoms with E-state index in [1.165, 1.54) is 71.4 Å². The van der Waals surface area contributed by atoms with E-state index in [0.29, 0.717) is 0 Å². The molecule has 304 valence electrons. The minimum absolute atomic E-state index is 1.09. The Morgan fingerprint density at radius 3 is 1.20 bits per heavy atom. The van der Waals surface area contributed by atoms with E-state index >= 15 is 0 Å².